The van der Waals surface area contributed by atoms with Gasteiger partial charge in [-0.3, -0.25) is 14.7 Å². The van der Waals surface area contributed by atoms with Crippen LogP contribution < -0.4 is 20.7 Å². The second kappa shape index (κ2) is 12.8. The summed E-state index contributed by atoms with van der Waals surface area (Å²) in [5.74, 6) is 1.68. The third-order valence-electron chi connectivity index (χ3n) is 6.09. The lowest BCUT2D eigenvalue weighted by atomic mass is 10.0. The molecule has 0 saturated carbocycles. The van der Waals surface area contributed by atoms with Crippen LogP contribution in [0.2, 0.25) is 0 Å². The maximum atomic E-state index is 11.5. The number of anilines is 1. The van der Waals surface area contributed by atoms with Crippen LogP contribution >= 0.6 is 24.0 Å². The van der Waals surface area contributed by atoms with Gasteiger partial charge in [0.2, 0.25) is 5.91 Å². The largest absolute Gasteiger partial charge is 0.492 e. The number of aryl methyl sites for hydroxylation is 1. The van der Waals surface area contributed by atoms with E-state index in [9.17, 15) is 4.79 Å². The molecular formula is C25H34IN5O2. The highest BCUT2D eigenvalue weighted by Crippen LogP contribution is 2.27. The molecule has 2 aromatic rings. The van der Waals surface area contributed by atoms with Crippen LogP contribution in [-0.2, 0) is 11.2 Å². The Labute approximate surface area is 213 Å². The molecule has 4 rings (SSSR count). The van der Waals surface area contributed by atoms with Crippen molar-refractivity contribution < 1.29 is 9.53 Å². The van der Waals surface area contributed by atoms with Gasteiger partial charge < -0.3 is 20.7 Å². The molecule has 1 fully saturated rings. The van der Waals surface area contributed by atoms with Crippen LogP contribution in [0.15, 0.2) is 53.5 Å². The average Bonchev–Trinajstić information content (AvgIpc) is 3.36. The van der Waals surface area contributed by atoms with Gasteiger partial charge >= 0.3 is 0 Å². The fourth-order valence-corrected chi connectivity index (χ4v) is 4.39. The molecule has 7 nitrogen and oxygen atoms in total. The fraction of sp³-hybridized carbons (Fsp3) is 0.440. The number of benzene rings is 2. The van der Waals surface area contributed by atoms with Gasteiger partial charge in [0.05, 0.1) is 12.6 Å². The molecule has 0 radical (unpaired) electrons. The number of nitrogens with zero attached hydrogens (tertiary/aromatic N) is 2. The maximum absolute atomic E-state index is 11.5. The van der Waals surface area contributed by atoms with E-state index >= 15 is 0 Å². The Bertz CT molecular complexity index is 932. The molecule has 1 saturated heterocycles. The van der Waals surface area contributed by atoms with E-state index in [1.54, 1.807) is 7.05 Å². The minimum absolute atomic E-state index is 0. The zero-order valence-corrected chi connectivity index (χ0v) is 21.5. The van der Waals surface area contributed by atoms with E-state index in [2.05, 4.69) is 56.2 Å². The first-order valence-corrected chi connectivity index (χ1v) is 11.5. The average molecular weight is 563 g/mol. The molecule has 1 unspecified atom stereocenters. The van der Waals surface area contributed by atoms with Crippen LogP contribution in [0.5, 0.6) is 5.75 Å². The Kier molecular flexibility index (Phi) is 9.80. The van der Waals surface area contributed by atoms with E-state index in [0.29, 0.717) is 25.6 Å². The van der Waals surface area contributed by atoms with Crippen molar-refractivity contribution in [2.24, 2.45) is 4.99 Å². The van der Waals surface area contributed by atoms with Gasteiger partial charge in [0.25, 0.3) is 0 Å². The van der Waals surface area contributed by atoms with Crippen molar-refractivity contribution >= 4 is 41.5 Å². The van der Waals surface area contributed by atoms with Crippen molar-refractivity contribution in [1.82, 2.24) is 15.5 Å². The zero-order chi connectivity index (χ0) is 22.2. The number of hydrogen-bond donors (Lipinski definition) is 3. The van der Waals surface area contributed by atoms with Gasteiger partial charge in [-0.15, -0.1) is 24.0 Å². The summed E-state index contributed by atoms with van der Waals surface area (Å²) < 4.78 is 5.90. The van der Waals surface area contributed by atoms with Gasteiger partial charge in [0.15, 0.2) is 5.96 Å². The molecule has 0 bridgehead atoms. The monoisotopic (exact) mass is 563 g/mol. The molecule has 33 heavy (non-hydrogen) atoms. The highest BCUT2D eigenvalue weighted by atomic mass is 127. The lowest BCUT2D eigenvalue weighted by molar-refractivity contribution is -0.116. The number of carbonyl (C=O) groups excluding carboxylic acids is 1. The van der Waals surface area contributed by atoms with Crippen LogP contribution in [0.3, 0.4) is 0 Å². The molecule has 8 heteroatoms. The smallest absolute Gasteiger partial charge is 0.224 e. The second-order valence-electron chi connectivity index (χ2n) is 8.27. The van der Waals surface area contributed by atoms with Crippen molar-refractivity contribution in [3.8, 4) is 5.75 Å². The third kappa shape index (κ3) is 7.07. The summed E-state index contributed by atoms with van der Waals surface area (Å²) >= 11 is 0. The summed E-state index contributed by atoms with van der Waals surface area (Å²) in [7, 11) is 1.79. The van der Waals surface area contributed by atoms with Crippen molar-refractivity contribution in [2.75, 3.05) is 45.2 Å². The molecular weight excluding hydrogens is 529 g/mol. The van der Waals surface area contributed by atoms with E-state index in [4.69, 9.17) is 4.74 Å². The summed E-state index contributed by atoms with van der Waals surface area (Å²) in [6.45, 7) is 4.27. The van der Waals surface area contributed by atoms with Crippen LogP contribution in [0.25, 0.3) is 0 Å². The molecule has 1 amide bonds. The molecule has 0 aliphatic carbocycles. The zero-order valence-electron chi connectivity index (χ0n) is 19.2. The third-order valence-corrected chi connectivity index (χ3v) is 6.09. The summed E-state index contributed by atoms with van der Waals surface area (Å²) in [6.07, 6.45) is 3.82. The second-order valence-corrected chi connectivity index (χ2v) is 8.27. The Morgan fingerprint density at radius 2 is 1.91 bits per heavy atom. The number of amides is 1. The first kappa shape index (κ1) is 25.3. The summed E-state index contributed by atoms with van der Waals surface area (Å²) in [4.78, 5) is 18.4. The number of hydrogen-bond acceptors (Lipinski definition) is 4. The van der Waals surface area contributed by atoms with E-state index < -0.39 is 0 Å². The Hall–Kier alpha value is -2.33. The lowest BCUT2D eigenvalue weighted by Gasteiger charge is -2.29. The molecule has 2 heterocycles. The van der Waals surface area contributed by atoms with Crippen molar-refractivity contribution in [2.45, 2.75) is 31.7 Å². The molecule has 2 aliphatic rings. The fourth-order valence-electron chi connectivity index (χ4n) is 4.39. The SMILES string of the molecule is CN=C(NCCOc1ccc2c(c1)CCC(=O)N2)NCC(c1ccccc1)N1CCCC1.I. The molecule has 178 valence electrons. The molecule has 2 aliphatic heterocycles. The van der Waals surface area contributed by atoms with E-state index in [1.165, 1.54) is 18.4 Å². The van der Waals surface area contributed by atoms with Gasteiger partial charge in [-0.25, -0.2) is 0 Å². The maximum Gasteiger partial charge on any atom is 0.224 e. The highest BCUT2D eigenvalue weighted by molar-refractivity contribution is 14.0. The number of ether oxygens (including phenoxy) is 1. The van der Waals surface area contributed by atoms with Crippen molar-refractivity contribution in [3.63, 3.8) is 0 Å². The molecule has 2 aromatic carbocycles. The van der Waals surface area contributed by atoms with Crippen LogP contribution in [0, 0.1) is 0 Å². The number of fused-ring (bicyclic) bond motifs is 1. The predicted molar refractivity (Wildman–Crippen MR) is 144 cm³/mol. The molecule has 0 aromatic heterocycles. The minimum Gasteiger partial charge on any atom is -0.492 e. The van der Waals surface area contributed by atoms with E-state index in [1.807, 2.05) is 18.2 Å². The van der Waals surface area contributed by atoms with Gasteiger partial charge in [-0.05, 0) is 61.7 Å². The van der Waals surface area contributed by atoms with E-state index in [-0.39, 0.29) is 29.9 Å². The standard InChI is InChI=1S/C25H33N5O2.HI/c1-26-25(28-18-23(30-14-5-6-15-30)19-7-3-2-4-8-19)27-13-16-32-21-10-11-22-20(17-21)9-12-24(31)29-22;/h2-4,7-8,10-11,17,23H,5-6,9,12-16,18H2,1H3,(H,29,31)(H2,26,27,28);1H. The molecule has 0 spiro atoms. The number of carbonyl (C=O) groups is 1. The van der Waals surface area contributed by atoms with Crippen LogP contribution in [0.1, 0.15) is 36.4 Å². The molecule has 1 atom stereocenters. The number of guanidine groups is 1. The van der Waals surface area contributed by atoms with Gasteiger partial charge in [0.1, 0.15) is 12.4 Å². The number of halogens is 1. The van der Waals surface area contributed by atoms with Gasteiger partial charge in [0, 0.05) is 25.7 Å². The lowest BCUT2D eigenvalue weighted by Crippen LogP contribution is -2.43. The summed E-state index contributed by atoms with van der Waals surface area (Å²) in [5, 5.41) is 9.73. The number of rotatable bonds is 8. The van der Waals surface area contributed by atoms with Crippen molar-refractivity contribution in [3.05, 3.63) is 59.7 Å². The number of aliphatic imine (C=N–C) groups is 1. The normalized spacial score (nSPS) is 16.9. The van der Waals surface area contributed by atoms with Gasteiger partial charge in [-0.1, -0.05) is 30.3 Å². The van der Waals surface area contributed by atoms with Gasteiger partial charge in [-0.2, -0.15) is 0 Å². The predicted octanol–water partition coefficient (Wildman–Crippen LogP) is 3.57. The minimum atomic E-state index is 0. The van der Waals surface area contributed by atoms with E-state index in [0.717, 1.165) is 49.0 Å². The quantitative estimate of drug-likeness (QED) is 0.198. The topological polar surface area (TPSA) is 78.0 Å². The summed E-state index contributed by atoms with van der Waals surface area (Å²) in [5.41, 5.74) is 3.35. The Balaban J connectivity index is 0.00000306. The summed E-state index contributed by atoms with van der Waals surface area (Å²) in [6, 6.07) is 16.9. The number of nitrogens with one attached hydrogen (secondary N) is 3. The first-order chi connectivity index (χ1) is 15.7. The van der Waals surface area contributed by atoms with Crippen molar-refractivity contribution in [1.29, 1.82) is 0 Å². The Morgan fingerprint density at radius 3 is 2.67 bits per heavy atom. The molecule has 3 N–H and O–H groups in total. The van der Waals surface area contributed by atoms with Crippen LogP contribution in [0.4, 0.5) is 5.69 Å². The highest BCUT2D eigenvalue weighted by Gasteiger charge is 2.23. The first-order valence-electron chi connectivity index (χ1n) is 11.5. The number of likely N-dealkylation sites (tertiary alicyclic amines) is 1. The Morgan fingerprint density at radius 1 is 1.12 bits per heavy atom. The van der Waals surface area contributed by atoms with Crippen LogP contribution in [-0.4, -0.2) is 56.6 Å².